The normalized spacial score (nSPS) is 10.5. The second-order valence-corrected chi connectivity index (χ2v) is 3.55. The van der Waals surface area contributed by atoms with E-state index in [1.54, 1.807) is 7.05 Å². The van der Waals surface area contributed by atoms with Crippen molar-refractivity contribution in [1.29, 1.82) is 5.41 Å². The van der Waals surface area contributed by atoms with E-state index in [1.807, 2.05) is 0 Å². The maximum atomic E-state index is 12.0. The Labute approximate surface area is 100 Å². The molecule has 3 N–H and O–H groups in total. The summed E-state index contributed by atoms with van der Waals surface area (Å²) in [5.74, 6) is -0.437. The average molecular weight is 250 g/mol. The molecular weight excluding hydrogens is 240 g/mol. The Kier molecular flexibility index (Phi) is 2.80. The minimum absolute atomic E-state index is 0.226. The van der Waals surface area contributed by atoms with Crippen molar-refractivity contribution < 1.29 is 9.53 Å². The van der Waals surface area contributed by atoms with Crippen molar-refractivity contribution >= 4 is 23.2 Å². The Morgan fingerprint density at radius 3 is 2.83 bits per heavy atom. The highest BCUT2D eigenvalue weighted by molar-refractivity contribution is 5.85. The summed E-state index contributed by atoms with van der Waals surface area (Å²) in [6.45, 7) is -0.226. The van der Waals surface area contributed by atoms with Crippen LogP contribution in [-0.2, 0) is 18.3 Å². The monoisotopic (exact) mass is 250 g/mol. The van der Waals surface area contributed by atoms with Crippen LogP contribution in [0.25, 0.3) is 11.2 Å². The van der Waals surface area contributed by atoms with Gasteiger partial charge in [-0.25, -0.2) is 14.8 Å². The van der Waals surface area contributed by atoms with Gasteiger partial charge in [0.1, 0.15) is 12.9 Å². The van der Waals surface area contributed by atoms with E-state index in [0.717, 1.165) is 4.57 Å². The Morgan fingerprint density at radius 1 is 1.50 bits per heavy atom. The molecule has 0 aromatic carbocycles. The minimum atomic E-state index is -1.09. The van der Waals surface area contributed by atoms with Crippen molar-refractivity contribution in [3.63, 3.8) is 0 Å². The molecule has 0 spiro atoms. The van der Waals surface area contributed by atoms with Gasteiger partial charge in [0, 0.05) is 7.05 Å². The van der Waals surface area contributed by atoms with Crippen LogP contribution in [0.4, 0.5) is 4.79 Å². The number of carbonyl (C=O) groups excluding carboxylic acids is 1. The van der Waals surface area contributed by atoms with Crippen molar-refractivity contribution in [3.8, 4) is 0 Å². The molecule has 2 aromatic heterocycles. The molecular formula is C9H10N6O3. The van der Waals surface area contributed by atoms with Crippen molar-refractivity contribution in [2.24, 2.45) is 12.8 Å². The van der Waals surface area contributed by atoms with Crippen LogP contribution in [0, 0.1) is 5.41 Å². The quantitative estimate of drug-likeness (QED) is 0.532. The van der Waals surface area contributed by atoms with Gasteiger partial charge in [-0.2, -0.15) is 0 Å². The third-order valence-corrected chi connectivity index (χ3v) is 2.24. The minimum Gasteiger partial charge on any atom is -0.394 e. The maximum Gasteiger partial charge on any atom is 0.411 e. The molecule has 1 amide bonds. The number of nitrogens with two attached hydrogens (primary N) is 1. The van der Waals surface area contributed by atoms with Gasteiger partial charge in [-0.05, 0) is 0 Å². The number of carbonyl (C=O) groups is 1. The van der Waals surface area contributed by atoms with Crippen molar-refractivity contribution in [2.75, 3.05) is 0 Å². The number of hydrogen-bond donors (Lipinski definition) is 2. The first-order chi connectivity index (χ1) is 8.49. The topological polar surface area (TPSA) is 129 Å². The van der Waals surface area contributed by atoms with Crippen LogP contribution in [0.1, 0.15) is 0 Å². The summed E-state index contributed by atoms with van der Waals surface area (Å²) in [5, 5.41) is 7.34. The van der Waals surface area contributed by atoms with Gasteiger partial charge in [-0.1, -0.05) is 0 Å². The van der Waals surface area contributed by atoms with E-state index in [1.165, 1.54) is 17.2 Å². The molecule has 2 aromatic rings. The van der Waals surface area contributed by atoms with Crippen LogP contribution in [0.15, 0.2) is 17.4 Å². The number of rotatable bonds is 2. The number of hydrogen-bond acceptors (Lipinski definition) is 6. The summed E-state index contributed by atoms with van der Waals surface area (Å²) >= 11 is 0. The lowest BCUT2D eigenvalue weighted by molar-refractivity contribution is 0.205. The van der Waals surface area contributed by atoms with Crippen LogP contribution >= 0.6 is 0 Å². The largest absolute Gasteiger partial charge is 0.411 e. The van der Waals surface area contributed by atoms with Gasteiger partial charge in [0.15, 0.2) is 11.2 Å². The smallest absolute Gasteiger partial charge is 0.394 e. The summed E-state index contributed by atoms with van der Waals surface area (Å²) < 4.78 is 7.01. The number of primary amides is 1. The zero-order valence-corrected chi connectivity index (χ0v) is 9.45. The van der Waals surface area contributed by atoms with Gasteiger partial charge >= 0.3 is 6.09 Å². The van der Waals surface area contributed by atoms with Crippen LogP contribution in [0.3, 0.4) is 0 Å². The molecule has 18 heavy (non-hydrogen) atoms. The first-order valence-electron chi connectivity index (χ1n) is 4.90. The molecule has 0 saturated heterocycles. The van der Waals surface area contributed by atoms with E-state index < -0.39 is 12.0 Å². The van der Waals surface area contributed by atoms with Crippen molar-refractivity contribution in [2.45, 2.75) is 6.54 Å². The van der Waals surface area contributed by atoms with Gasteiger partial charge in [-0.3, -0.25) is 14.8 Å². The predicted molar refractivity (Wildman–Crippen MR) is 61.2 cm³/mol. The molecule has 0 unspecified atom stereocenters. The van der Waals surface area contributed by atoms with E-state index in [9.17, 15) is 9.59 Å². The lowest BCUT2D eigenvalue weighted by Crippen LogP contribution is -2.28. The number of imidazole rings is 1. The summed E-state index contributed by atoms with van der Waals surface area (Å²) in [5.41, 5.74) is 5.02. The molecule has 0 aliphatic carbocycles. The Balaban J connectivity index is 2.37. The van der Waals surface area contributed by atoms with E-state index in [-0.39, 0.29) is 12.1 Å². The van der Waals surface area contributed by atoms with E-state index in [4.69, 9.17) is 11.1 Å². The number of ether oxygens (including phenoxy) is 1. The van der Waals surface area contributed by atoms with Crippen LogP contribution in [0.2, 0.25) is 0 Å². The zero-order chi connectivity index (χ0) is 13.3. The van der Waals surface area contributed by atoms with E-state index >= 15 is 0 Å². The number of nitrogens with zero attached hydrogens (tertiary/aromatic N) is 4. The number of fused-ring (bicyclic) bond motifs is 1. The standard InChI is InChI=1S/C9H10N6O3/c1-14-3-12-7-6(14)8(16)15(4-13-7)2-5(10)18-9(11)17/h3-4,10H,2H2,1H3,(H2,11,17). The Bertz CT molecular complexity index is 685. The van der Waals surface area contributed by atoms with Crippen molar-refractivity contribution in [1.82, 2.24) is 19.1 Å². The Morgan fingerprint density at radius 2 is 2.17 bits per heavy atom. The molecule has 0 aliphatic rings. The molecule has 0 radical (unpaired) electrons. The highest BCUT2D eigenvalue weighted by Crippen LogP contribution is 2.01. The summed E-state index contributed by atoms with van der Waals surface area (Å²) in [6, 6.07) is 0. The second kappa shape index (κ2) is 4.28. The predicted octanol–water partition coefficient (Wildman–Crippen LogP) is -0.797. The fourth-order valence-electron chi connectivity index (χ4n) is 1.49. The summed E-state index contributed by atoms with van der Waals surface area (Å²) in [4.78, 5) is 30.4. The highest BCUT2D eigenvalue weighted by atomic mass is 16.6. The third kappa shape index (κ3) is 2.05. The summed E-state index contributed by atoms with van der Waals surface area (Å²) in [7, 11) is 1.66. The molecule has 0 bridgehead atoms. The molecule has 94 valence electrons. The number of aryl methyl sites for hydroxylation is 1. The molecule has 9 heteroatoms. The van der Waals surface area contributed by atoms with Crippen LogP contribution < -0.4 is 11.3 Å². The van der Waals surface area contributed by atoms with Gasteiger partial charge in [0.05, 0.1) is 6.33 Å². The van der Waals surface area contributed by atoms with E-state index in [0.29, 0.717) is 11.2 Å². The molecule has 9 nitrogen and oxygen atoms in total. The molecule has 0 saturated carbocycles. The summed E-state index contributed by atoms with van der Waals surface area (Å²) in [6.07, 6.45) is 1.60. The second-order valence-electron chi connectivity index (χ2n) is 3.55. The zero-order valence-electron chi connectivity index (χ0n) is 9.45. The van der Waals surface area contributed by atoms with Gasteiger partial charge < -0.3 is 15.0 Å². The molecule has 0 aliphatic heterocycles. The first-order valence-corrected chi connectivity index (χ1v) is 4.90. The third-order valence-electron chi connectivity index (χ3n) is 2.24. The fourth-order valence-corrected chi connectivity index (χ4v) is 1.49. The Hall–Kier alpha value is -2.71. The number of nitrogens with one attached hydrogen (secondary N) is 1. The lowest BCUT2D eigenvalue weighted by atomic mass is 10.5. The highest BCUT2D eigenvalue weighted by Gasteiger charge is 2.11. The van der Waals surface area contributed by atoms with Crippen molar-refractivity contribution in [3.05, 3.63) is 23.0 Å². The molecule has 2 heterocycles. The van der Waals surface area contributed by atoms with Gasteiger partial charge in [-0.15, -0.1) is 0 Å². The molecule has 0 atom stereocenters. The fraction of sp³-hybridized carbons (Fsp3) is 0.222. The average Bonchev–Trinajstić information content (AvgIpc) is 2.64. The number of amides is 1. The van der Waals surface area contributed by atoms with Crippen LogP contribution in [-0.4, -0.2) is 31.1 Å². The van der Waals surface area contributed by atoms with E-state index in [2.05, 4.69) is 14.7 Å². The first kappa shape index (κ1) is 11.8. The van der Waals surface area contributed by atoms with Gasteiger partial charge in [0.2, 0.25) is 5.90 Å². The SMILES string of the molecule is Cn1cnc2ncn(CC(=N)OC(N)=O)c(=O)c21. The molecule has 0 fully saturated rings. The lowest BCUT2D eigenvalue weighted by Gasteiger charge is -2.05. The number of aromatic nitrogens is 4. The van der Waals surface area contributed by atoms with Gasteiger partial charge in [0.25, 0.3) is 5.56 Å². The van der Waals surface area contributed by atoms with Crippen LogP contribution in [0.5, 0.6) is 0 Å². The molecule has 2 rings (SSSR count). The maximum absolute atomic E-state index is 12.0.